The molecule has 1 unspecified atom stereocenters. The molecule has 0 aliphatic heterocycles. The van der Waals surface area contributed by atoms with Crippen molar-refractivity contribution in [1.82, 2.24) is 0 Å². The van der Waals surface area contributed by atoms with Crippen molar-refractivity contribution >= 4 is 24.7 Å². The van der Waals surface area contributed by atoms with Crippen molar-refractivity contribution in [3.63, 3.8) is 0 Å². The van der Waals surface area contributed by atoms with Gasteiger partial charge in [0, 0.05) is 5.56 Å². The Morgan fingerprint density at radius 3 is 1.75 bits per heavy atom. The Balaban J connectivity index is 0.00000208. The second-order valence-electron chi connectivity index (χ2n) is 5.09. The van der Waals surface area contributed by atoms with Crippen LogP contribution in [0.25, 0.3) is 22.3 Å². The third-order valence-electron chi connectivity index (χ3n) is 3.59. The molecule has 0 saturated heterocycles. The van der Waals surface area contributed by atoms with Gasteiger partial charge in [-0.15, -0.1) is 9.24 Å². The van der Waals surface area contributed by atoms with Crippen LogP contribution in [0.2, 0.25) is 0 Å². The van der Waals surface area contributed by atoms with Crippen molar-refractivity contribution in [2.45, 2.75) is 4.90 Å². The SMILES string of the molecule is O=S(=O)([O-])c1c(-c2ccccc2)ccc(P)c1-c1ccccc1.[Li+]. The summed E-state index contributed by atoms with van der Waals surface area (Å²) >= 11 is 0. The van der Waals surface area contributed by atoms with E-state index < -0.39 is 10.1 Å². The Morgan fingerprint density at radius 2 is 1.25 bits per heavy atom. The van der Waals surface area contributed by atoms with E-state index in [-0.39, 0.29) is 23.8 Å². The number of rotatable bonds is 3. The minimum atomic E-state index is -4.65. The summed E-state index contributed by atoms with van der Waals surface area (Å²) in [4.78, 5) is -0.178. The second-order valence-corrected chi connectivity index (χ2v) is 7.03. The Labute approximate surface area is 156 Å². The molecule has 0 N–H and O–H groups in total. The average molecular weight is 348 g/mol. The van der Waals surface area contributed by atoms with E-state index in [1.54, 1.807) is 30.3 Å². The van der Waals surface area contributed by atoms with Crippen LogP contribution in [0, 0.1) is 0 Å². The van der Waals surface area contributed by atoms with Gasteiger partial charge in [0.2, 0.25) is 0 Å². The summed E-state index contributed by atoms with van der Waals surface area (Å²) < 4.78 is 36.0. The van der Waals surface area contributed by atoms with Crippen LogP contribution in [0.4, 0.5) is 0 Å². The largest absolute Gasteiger partial charge is 1.00 e. The van der Waals surface area contributed by atoms with Crippen molar-refractivity contribution in [3.05, 3.63) is 72.8 Å². The van der Waals surface area contributed by atoms with Gasteiger partial charge in [-0.25, -0.2) is 8.42 Å². The maximum absolute atomic E-state index is 12.0. The quantitative estimate of drug-likeness (QED) is 0.392. The van der Waals surface area contributed by atoms with E-state index in [2.05, 4.69) is 9.24 Å². The molecule has 3 aromatic rings. The smallest absolute Gasteiger partial charge is 0.744 e. The number of hydrogen-bond donors (Lipinski definition) is 0. The fourth-order valence-electron chi connectivity index (χ4n) is 2.61. The normalized spacial score (nSPS) is 10.9. The van der Waals surface area contributed by atoms with Gasteiger partial charge in [-0.2, -0.15) is 0 Å². The maximum Gasteiger partial charge on any atom is 1.00 e. The Morgan fingerprint density at radius 1 is 0.750 bits per heavy atom. The van der Waals surface area contributed by atoms with Gasteiger partial charge in [-0.05, 0) is 22.0 Å². The molecule has 0 fully saturated rings. The van der Waals surface area contributed by atoms with E-state index >= 15 is 0 Å². The van der Waals surface area contributed by atoms with Crippen LogP contribution in [0.5, 0.6) is 0 Å². The molecule has 0 aromatic heterocycles. The summed E-state index contributed by atoms with van der Waals surface area (Å²) in [7, 11) is -2.14. The molecule has 0 saturated carbocycles. The predicted octanol–water partition coefficient (Wildman–Crippen LogP) is 0.429. The Kier molecular flexibility index (Phi) is 6.04. The molecular formula is C18H14LiO3PS. The van der Waals surface area contributed by atoms with E-state index in [1.807, 2.05) is 42.5 Å². The zero-order valence-electron chi connectivity index (χ0n) is 13.1. The van der Waals surface area contributed by atoms with E-state index in [9.17, 15) is 13.0 Å². The minimum Gasteiger partial charge on any atom is -0.744 e. The van der Waals surface area contributed by atoms with Crippen molar-refractivity contribution in [3.8, 4) is 22.3 Å². The fraction of sp³-hybridized carbons (Fsp3) is 0. The maximum atomic E-state index is 12.0. The summed E-state index contributed by atoms with van der Waals surface area (Å²) in [5.41, 5.74) is 2.26. The Bertz CT molecular complexity index is 943. The summed E-state index contributed by atoms with van der Waals surface area (Å²) in [6, 6.07) is 21.6. The van der Waals surface area contributed by atoms with Gasteiger partial charge in [0.05, 0.1) is 4.90 Å². The van der Waals surface area contributed by atoms with E-state index in [0.29, 0.717) is 27.6 Å². The summed E-state index contributed by atoms with van der Waals surface area (Å²) in [5.74, 6) is 0. The molecule has 0 heterocycles. The first kappa shape index (κ1) is 18.9. The third-order valence-corrected chi connectivity index (χ3v) is 4.99. The fourth-order valence-corrected chi connectivity index (χ4v) is 4.06. The molecule has 6 heteroatoms. The van der Waals surface area contributed by atoms with Crippen molar-refractivity contribution in [1.29, 1.82) is 0 Å². The van der Waals surface area contributed by atoms with E-state index in [1.165, 1.54) is 0 Å². The summed E-state index contributed by atoms with van der Waals surface area (Å²) in [6.07, 6.45) is 0. The first-order chi connectivity index (χ1) is 11.0. The van der Waals surface area contributed by atoms with Gasteiger partial charge in [0.15, 0.2) is 0 Å². The number of benzene rings is 3. The van der Waals surface area contributed by atoms with Gasteiger partial charge >= 0.3 is 18.9 Å². The van der Waals surface area contributed by atoms with Gasteiger partial charge < -0.3 is 4.55 Å². The molecule has 0 amide bonds. The van der Waals surface area contributed by atoms with Crippen LogP contribution < -0.4 is 24.2 Å². The molecule has 24 heavy (non-hydrogen) atoms. The summed E-state index contributed by atoms with van der Waals surface area (Å²) in [6.45, 7) is 0. The molecule has 3 aromatic carbocycles. The van der Waals surface area contributed by atoms with Crippen molar-refractivity contribution in [2.75, 3.05) is 0 Å². The van der Waals surface area contributed by atoms with Crippen LogP contribution in [0.3, 0.4) is 0 Å². The van der Waals surface area contributed by atoms with Crippen LogP contribution >= 0.6 is 9.24 Å². The summed E-state index contributed by atoms with van der Waals surface area (Å²) in [5, 5.41) is 0.672. The standard InChI is InChI=1S/C18H15O3PS.Li/c19-23(20,21)18-15(13-7-3-1-4-8-13)11-12-16(22)17(18)14-9-5-2-6-10-14;/h1-12H,22H2,(H,19,20,21);/q;+1/p-1. The predicted molar refractivity (Wildman–Crippen MR) is 94.6 cm³/mol. The van der Waals surface area contributed by atoms with Gasteiger partial charge in [0.25, 0.3) is 0 Å². The molecule has 1 atom stereocenters. The Hall–Kier alpha value is -1.40. The van der Waals surface area contributed by atoms with Crippen LogP contribution in [0.15, 0.2) is 77.7 Å². The molecule has 0 radical (unpaired) electrons. The molecule has 0 aliphatic rings. The van der Waals surface area contributed by atoms with Gasteiger partial charge in [-0.1, -0.05) is 72.8 Å². The first-order valence-electron chi connectivity index (χ1n) is 6.97. The monoisotopic (exact) mass is 348 g/mol. The van der Waals surface area contributed by atoms with Gasteiger partial charge in [0.1, 0.15) is 10.1 Å². The van der Waals surface area contributed by atoms with E-state index in [4.69, 9.17) is 0 Å². The topological polar surface area (TPSA) is 57.2 Å². The van der Waals surface area contributed by atoms with Crippen LogP contribution in [-0.4, -0.2) is 13.0 Å². The molecule has 0 aliphatic carbocycles. The molecule has 3 nitrogen and oxygen atoms in total. The van der Waals surface area contributed by atoms with E-state index in [0.717, 1.165) is 0 Å². The van der Waals surface area contributed by atoms with Crippen molar-refractivity contribution < 1.29 is 31.8 Å². The molecule has 0 spiro atoms. The molecule has 3 rings (SSSR count). The van der Waals surface area contributed by atoms with Crippen molar-refractivity contribution in [2.24, 2.45) is 0 Å². The zero-order chi connectivity index (χ0) is 16.4. The molecular weight excluding hydrogens is 334 g/mol. The van der Waals surface area contributed by atoms with Crippen LogP contribution in [-0.2, 0) is 10.1 Å². The minimum absolute atomic E-state index is 0. The third kappa shape index (κ3) is 3.80. The zero-order valence-corrected chi connectivity index (χ0v) is 15.1. The van der Waals surface area contributed by atoms with Crippen LogP contribution in [0.1, 0.15) is 0 Å². The molecule has 0 bridgehead atoms. The molecule has 116 valence electrons. The average Bonchev–Trinajstić information content (AvgIpc) is 2.55. The van der Waals surface area contributed by atoms with Gasteiger partial charge in [-0.3, -0.25) is 0 Å². The number of hydrogen-bond acceptors (Lipinski definition) is 3. The second kappa shape index (κ2) is 7.65. The first-order valence-corrected chi connectivity index (χ1v) is 8.96.